The molecule has 1 aliphatic heterocycles. The lowest BCUT2D eigenvalue weighted by atomic mass is 9.48. The van der Waals surface area contributed by atoms with Gasteiger partial charge in [-0.1, -0.05) is 25.7 Å². The van der Waals surface area contributed by atoms with Gasteiger partial charge in [0.2, 0.25) is 5.75 Å². The Balaban J connectivity index is 1.72. The van der Waals surface area contributed by atoms with Crippen molar-refractivity contribution in [1.82, 2.24) is 0 Å². The second-order valence-corrected chi connectivity index (χ2v) is 9.38. The van der Waals surface area contributed by atoms with Crippen LogP contribution < -0.4 is 0 Å². The molecule has 3 atom stereocenters. The average Bonchev–Trinajstić information content (AvgIpc) is 2.72. The van der Waals surface area contributed by atoms with Crippen molar-refractivity contribution in [2.45, 2.75) is 69.8 Å². The minimum atomic E-state index is -0.745. The molecule has 5 nitrogen and oxygen atoms in total. The van der Waals surface area contributed by atoms with E-state index in [0.717, 1.165) is 50.7 Å². The summed E-state index contributed by atoms with van der Waals surface area (Å²) in [5, 5.41) is 41.2. The van der Waals surface area contributed by atoms with E-state index < -0.39 is 11.4 Å². The number of phenolic OH excluding ortho intramolecular Hbond substituents is 3. The highest BCUT2D eigenvalue weighted by Crippen LogP contribution is 2.67. The predicted octanol–water partition coefficient (Wildman–Crippen LogP) is 5.52. The summed E-state index contributed by atoms with van der Waals surface area (Å²) in [5.74, 6) is 0.454. The first-order valence-corrected chi connectivity index (χ1v) is 11.0. The number of aromatic hydroxyl groups is 3. The quantitative estimate of drug-likeness (QED) is 0.468. The molecule has 3 aliphatic carbocycles. The van der Waals surface area contributed by atoms with Gasteiger partial charge < -0.3 is 25.2 Å². The van der Waals surface area contributed by atoms with Gasteiger partial charge in [0.05, 0.1) is 0 Å². The molecule has 1 aromatic rings. The molecule has 29 heavy (non-hydrogen) atoms. The van der Waals surface area contributed by atoms with Crippen LogP contribution in [0.5, 0.6) is 17.2 Å². The first-order chi connectivity index (χ1) is 14.0. The lowest BCUT2D eigenvalue weighted by Crippen LogP contribution is -2.58. The Kier molecular flexibility index (Phi) is 4.27. The number of aliphatic hydroxyl groups excluding tert-OH is 1. The smallest absolute Gasteiger partial charge is 0.200 e. The molecule has 2 saturated carbocycles. The summed E-state index contributed by atoms with van der Waals surface area (Å²) in [4.78, 5) is 0. The van der Waals surface area contributed by atoms with E-state index in [1.54, 1.807) is 12.1 Å². The summed E-state index contributed by atoms with van der Waals surface area (Å²) in [6.45, 7) is 0. The van der Waals surface area contributed by atoms with Gasteiger partial charge in [-0.2, -0.15) is 0 Å². The van der Waals surface area contributed by atoms with Gasteiger partial charge in [0.25, 0.3) is 0 Å². The number of hydrogen-bond donors (Lipinski definition) is 4. The second kappa shape index (κ2) is 6.61. The number of hydrogen-bond acceptors (Lipinski definition) is 5. The van der Waals surface area contributed by atoms with Crippen molar-refractivity contribution in [2.75, 3.05) is 0 Å². The number of allylic oxidation sites excluding steroid dienone is 3. The number of benzene rings is 1. The Morgan fingerprint density at radius 1 is 0.862 bits per heavy atom. The normalized spacial score (nSPS) is 33.1. The van der Waals surface area contributed by atoms with Crippen molar-refractivity contribution in [1.29, 1.82) is 0 Å². The summed E-state index contributed by atoms with van der Waals surface area (Å²) >= 11 is 0. The number of phenols is 3. The first-order valence-electron chi connectivity index (χ1n) is 11.0. The molecule has 0 bridgehead atoms. The summed E-state index contributed by atoms with van der Waals surface area (Å²) in [6, 6.07) is 3.15. The van der Waals surface area contributed by atoms with Gasteiger partial charge in [-0.25, -0.2) is 0 Å². The molecule has 1 heterocycles. The van der Waals surface area contributed by atoms with E-state index >= 15 is 0 Å². The molecule has 3 fully saturated rings. The molecular weight excluding hydrogens is 368 g/mol. The van der Waals surface area contributed by atoms with Gasteiger partial charge in [0.1, 0.15) is 17.1 Å². The van der Waals surface area contributed by atoms with E-state index in [9.17, 15) is 20.4 Å². The molecule has 4 N–H and O–H groups in total. The van der Waals surface area contributed by atoms with Crippen LogP contribution in [0.4, 0.5) is 0 Å². The number of rotatable bonds is 1. The van der Waals surface area contributed by atoms with E-state index in [1.807, 2.05) is 6.08 Å². The van der Waals surface area contributed by atoms with Crippen LogP contribution in [0.1, 0.15) is 69.8 Å². The van der Waals surface area contributed by atoms with Gasteiger partial charge in [0.15, 0.2) is 11.5 Å². The molecule has 4 aliphatic rings. The fourth-order valence-corrected chi connectivity index (χ4v) is 6.94. The molecule has 5 heteroatoms. The van der Waals surface area contributed by atoms with Crippen molar-refractivity contribution < 1.29 is 25.2 Å². The summed E-state index contributed by atoms with van der Waals surface area (Å²) < 4.78 is 6.75. The maximum absolute atomic E-state index is 10.8. The van der Waals surface area contributed by atoms with Gasteiger partial charge in [-0.15, -0.1) is 0 Å². The largest absolute Gasteiger partial charge is 0.508 e. The zero-order valence-electron chi connectivity index (χ0n) is 16.7. The van der Waals surface area contributed by atoms with Gasteiger partial charge in [0, 0.05) is 23.5 Å². The Labute approximate surface area is 171 Å². The van der Waals surface area contributed by atoms with Crippen molar-refractivity contribution in [3.63, 3.8) is 0 Å². The average molecular weight is 398 g/mol. The molecule has 1 saturated heterocycles. The summed E-state index contributed by atoms with van der Waals surface area (Å²) in [7, 11) is 0. The van der Waals surface area contributed by atoms with Crippen LogP contribution in [-0.4, -0.2) is 20.4 Å². The fourth-order valence-electron chi connectivity index (χ4n) is 6.94. The molecule has 0 amide bonds. The highest BCUT2D eigenvalue weighted by atomic mass is 16.5. The van der Waals surface area contributed by atoms with Gasteiger partial charge in [-0.3, -0.25) is 0 Å². The first kappa shape index (κ1) is 18.7. The molecule has 3 unspecified atom stereocenters. The Bertz CT molecular complexity index is 880. The standard InChI is InChI=1S/C24H30O5/c25-15-7-8-16-19(14-15)29-24(17-9-10-18(26)22(28)21(17)27)13-5-2-6-20(24)23(16)11-3-1-4-12-23/h7,9-10,14,16,20,25-28H,1-6,8,11-13H2. The van der Waals surface area contributed by atoms with Crippen LogP contribution in [0.3, 0.4) is 0 Å². The van der Waals surface area contributed by atoms with Crippen molar-refractivity contribution in [2.24, 2.45) is 17.3 Å². The third-order valence-electron chi connectivity index (χ3n) is 8.11. The third kappa shape index (κ3) is 2.59. The van der Waals surface area contributed by atoms with E-state index in [1.165, 1.54) is 25.3 Å². The minimum absolute atomic E-state index is 0.0693. The molecular formula is C24H30O5. The summed E-state index contributed by atoms with van der Waals surface area (Å²) in [6.07, 6.45) is 14.3. The van der Waals surface area contributed by atoms with E-state index in [4.69, 9.17) is 4.74 Å². The second-order valence-electron chi connectivity index (χ2n) is 9.38. The van der Waals surface area contributed by atoms with Crippen LogP contribution in [0.15, 0.2) is 35.8 Å². The predicted molar refractivity (Wildman–Crippen MR) is 109 cm³/mol. The highest BCUT2D eigenvalue weighted by molar-refractivity contribution is 5.56. The van der Waals surface area contributed by atoms with Crippen molar-refractivity contribution in [3.8, 4) is 17.2 Å². The van der Waals surface area contributed by atoms with Crippen LogP contribution in [0, 0.1) is 17.3 Å². The summed E-state index contributed by atoms with van der Waals surface area (Å²) in [5.41, 5.74) is -0.110. The van der Waals surface area contributed by atoms with Crippen LogP contribution >= 0.6 is 0 Å². The van der Waals surface area contributed by atoms with Gasteiger partial charge in [-0.05, 0) is 62.1 Å². The van der Waals surface area contributed by atoms with E-state index in [2.05, 4.69) is 0 Å². The van der Waals surface area contributed by atoms with Gasteiger partial charge >= 0.3 is 0 Å². The van der Waals surface area contributed by atoms with Crippen molar-refractivity contribution in [3.05, 3.63) is 41.4 Å². The van der Waals surface area contributed by atoms with E-state index in [0.29, 0.717) is 5.56 Å². The van der Waals surface area contributed by atoms with E-state index in [-0.39, 0.29) is 34.5 Å². The van der Waals surface area contributed by atoms with Crippen LogP contribution in [0.2, 0.25) is 0 Å². The highest BCUT2D eigenvalue weighted by Gasteiger charge is 2.62. The lowest BCUT2D eigenvalue weighted by molar-refractivity contribution is -0.203. The monoisotopic (exact) mass is 398 g/mol. The maximum atomic E-state index is 10.8. The lowest BCUT2D eigenvalue weighted by Gasteiger charge is -2.62. The topological polar surface area (TPSA) is 90.2 Å². The molecule has 1 aromatic carbocycles. The molecule has 0 aromatic heterocycles. The maximum Gasteiger partial charge on any atom is 0.200 e. The van der Waals surface area contributed by atoms with Crippen LogP contribution in [0.25, 0.3) is 0 Å². The zero-order chi connectivity index (χ0) is 20.2. The van der Waals surface area contributed by atoms with Crippen molar-refractivity contribution >= 4 is 0 Å². The Morgan fingerprint density at radius 2 is 1.62 bits per heavy atom. The minimum Gasteiger partial charge on any atom is -0.508 e. The number of fused-ring (bicyclic) bond motifs is 4. The SMILES string of the molecule is OC1=CCC2C(=C1)OC1(c3ccc(O)c(O)c3O)CCCCC1C21CCCCC1. The molecule has 156 valence electrons. The Hall–Kier alpha value is -2.30. The Morgan fingerprint density at radius 3 is 2.41 bits per heavy atom. The third-order valence-corrected chi connectivity index (χ3v) is 8.11. The van der Waals surface area contributed by atoms with Crippen LogP contribution in [-0.2, 0) is 10.3 Å². The zero-order valence-corrected chi connectivity index (χ0v) is 16.7. The molecule has 1 spiro atoms. The molecule has 0 radical (unpaired) electrons. The number of ether oxygens (including phenoxy) is 1. The number of aliphatic hydroxyl groups is 1. The molecule has 5 rings (SSSR count). The fraction of sp³-hybridized carbons (Fsp3) is 0.583.